The first-order valence-corrected chi connectivity index (χ1v) is 10.4. The summed E-state index contributed by atoms with van der Waals surface area (Å²) in [5, 5.41) is 0. The lowest BCUT2D eigenvalue weighted by Gasteiger charge is -2.42. The molecule has 2 aliphatic rings. The Morgan fingerprint density at radius 2 is 1.32 bits per heavy atom. The molecule has 0 saturated heterocycles. The highest BCUT2D eigenvalue weighted by Crippen LogP contribution is 2.48. The van der Waals surface area contributed by atoms with Gasteiger partial charge in [-0.25, -0.2) is 0 Å². The van der Waals surface area contributed by atoms with Crippen LogP contribution in [0.1, 0.15) is 68.9 Å². The molecule has 0 aliphatic heterocycles. The quantitative estimate of drug-likeness (QED) is 0.550. The molecule has 2 aliphatic carbocycles. The molecular weight excluding hydrogens is 300 g/mol. The smallest absolute Gasteiger partial charge is 0.0159 e. The molecular formula is C25H32. The van der Waals surface area contributed by atoms with Crippen molar-refractivity contribution >= 4 is 0 Å². The molecule has 4 rings (SSSR count). The summed E-state index contributed by atoms with van der Waals surface area (Å²) in [6.45, 7) is 4.53. The van der Waals surface area contributed by atoms with Gasteiger partial charge in [-0.15, -0.1) is 0 Å². The summed E-state index contributed by atoms with van der Waals surface area (Å²) in [7, 11) is 0. The summed E-state index contributed by atoms with van der Waals surface area (Å²) in [5.41, 5.74) is 5.58. The first kappa shape index (κ1) is 16.9. The average molecular weight is 333 g/mol. The fraction of sp³-hybridized carbons (Fsp3) is 0.520. The Labute approximate surface area is 153 Å². The molecule has 4 atom stereocenters. The van der Waals surface area contributed by atoms with Gasteiger partial charge >= 0.3 is 0 Å². The Morgan fingerprint density at radius 1 is 0.720 bits per heavy atom. The van der Waals surface area contributed by atoms with Gasteiger partial charge in [0.2, 0.25) is 0 Å². The topological polar surface area (TPSA) is 0 Å². The van der Waals surface area contributed by atoms with Gasteiger partial charge < -0.3 is 0 Å². The van der Waals surface area contributed by atoms with E-state index in [4.69, 9.17) is 0 Å². The highest BCUT2D eigenvalue weighted by atomic mass is 14.4. The summed E-state index contributed by atoms with van der Waals surface area (Å²) in [6.07, 6.45) is 10.2. The molecule has 132 valence electrons. The van der Waals surface area contributed by atoms with Crippen molar-refractivity contribution in [2.24, 2.45) is 17.8 Å². The van der Waals surface area contributed by atoms with Crippen molar-refractivity contribution in [3.63, 3.8) is 0 Å². The zero-order valence-electron chi connectivity index (χ0n) is 15.9. The molecule has 25 heavy (non-hydrogen) atoms. The number of hydrogen-bond acceptors (Lipinski definition) is 0. The van der Waals surface area contributed by atoms with Crippen molar-refractivity contribution in [2.75, 3.05) is 0 Å². The highest BCUT2D eigenvalue weighted by Gasteiger charge is 2.35. The Balaban J connectivity index is 1.43. The lowest BCUT2D eigenvalue weighted by Crippen LogP contribution is -2.30. The van der Waals surface area contributed by atoms with Gasteiger partial charge in [0.25, 0.3) is 0 Å². The molecule has 2 saturated carbocycles. The molecule has 2 aromatic carbocycles. The fourth-order valence-electron chi connectivity index (χ4n) is 5.35. The minimum Gasteiger partial charge on any atom is -0.0651 e. The lowest BCUT2D eigenvalue weighted by molar-refractivity contribution is 0.116. The van der Waals surface area contributed by atoms with E-state index in [1.807, 2.05) is 0 Å². The van der Waals surface area contributed by atoms with E-state index < -0.39 is 0 Å². The van der Waals surface area contributed by atoms with Crippen LogP contribution >= 0.6 is 0 Å². The van der Waals surface area contributed by atoms with Crippen LogP contribution in [0, 0.1) is 24.7 Å². The van der Waals surface area contributed by atoms with Crippen LogP contribution in [0.15, 0.2) is 48.5 Å². The van der Waals surface area contributed by atoms with Crippen LogP contribution in [0.4, 0.5) is 0 Å². The van der Waals surface area contributed by atoms with Gasteiger partial charge in [0.05, 0.1) is 0 Å². The van der Waals surface area contributed by atoms with Crippen LogP contribution in [0.3, 0.4) is 0 Å². The van der Waals surface area contributed by atoms with E-state index in [2.05, 4.69) is 62.4 Å². The minimum absolute atomic E-state index is 0.798. The first-order chi connectivity index (χ1) is 12.2. The van der Waals surface area contributed by atoms with Gasteiger partial charge in [0.1, 0.15) is 0 Å². The van der Waals surface area contributed by atoms with E-state index in [1.54, 1.807) is 5.56 Å². The number of rotatable bonds is 3. The lowest BCUT2D eigenvalue weighted by atomic mass is 9.63. The first-order valence-electron chi connectivity index (χ1n) is 10.4. The molecule has 2 aromatic rings. The third-order valence-electron chi connectivity index (χ3n) is 7.07. The second-order valence-corrected chi connectivity index (χ2v) is 8.61. The predicted molar refractivity (Wildman–Crippen MR) is 108 cm³/mol. The number of fused-ring (bicyclic) bond motifs is 1. The van der Waals surface area contributed by atoms with Crippen LogP contribution in [0.2, 0.25) is 0 Å². The third-order valence-corrected chi connectivity index (χ3v) is 7.07. The van der Waals surface area contributed by atoms with Gasteiger partial charge in [0, 0.05) is 0 Å². The standard InChI is InChI=1S/C25H32/c1-3-19-6-9-25-17-24(15-14-23(25)16-19)22-12-10-21(11-13-22)20-7-4-18(2)5-8-20/h4-5,7-8,10-13,19,23-25H,3,6,9,14-17H2,1-2H3/t19?,23-,24-,25-/m1/s1. The van der Waals surface area contributed by atoms with Crippen LogP contribution in [-0.4, -0.2) is 0 Å². The summed E-state index contributed by atoms with van der Waals surface area (Å²) >= 11 is 0. The molecule has 0 spiro atoms. The minimum atomic E-state index is 0.798. The Hall–Kier alpha value is -1.56. The van der Waals surface area contributed by atoms with Crippen molar-refractivity contribution in [3.05, 3.63) is 59.7 Å². The number of benzene rings is 2. The SMILES string of the molecule is CCC1CC[C@@H]2C[C@H](c3ccc(-c4ccc(C)cc4)cc3)CC[C@@H]2C1. The van der Waals surface area contributed by atoms with E-state index in [-0.39, 0.29) is 0 Å². The molecule has 0 aromatic heterocycles. The van der Waals surface area contributed by atoms with Crippen LogP contribution < -0.4 is 0 Å². The summed E-state index contributed by atoms with van der Waals surface area (Å²) in [4.78, 5) is 0. The Morgan fingerprint density at radius 3 is 2.00 bits per heavy atom. The summed E-state index contributed by atoms with van der Waals surface area (Å²) in [5.74, 6) is 3.85. The molecule has 0 heterocycles. The molecule has 2 fully saturated rings. The number of hydrogen-bond donors (Lipinski definition) is 0. The van der Waals surface area contributed by atoms with Crippen molar-refractivity contribution in [1.29, 1.82) is 0 Å². The molecule has 0 heteroatoms. The maximum Gasteiger partial charge on any atom is -0.0159 e. The van der Waals surface area contributed by atoms with Crippen molar-refractivity contribution in [2.45, 2.75) is 64.7 Å². The second-order valence-electron chi connectivity index (χ2n) is 8.61. The van der Waals surface area contributed by atoms with Crippen molar-refractivity contribution in [3.8, 4) is 11.1 Å². The third kappa shape index (κ3) is 3.68. The molecule has 0 N–H and O–H groups in total. The van der Waals surface area contributed by atoms with E-state index in [0.29, 0.717) is 0 Å². The maximum absolute atomic E-state index is 2.40. The molecule has 1 unspecified atom stereocenters. The maximum atomic E-state index is 2.40. The Bertz CT molecular complexity index is 679. The Kier molecular flexibility index (Phi) is 4.97. The van der Waals surface area contributed by atoms with E-state index in [9.17, 15) is 0 Å². The van der Waals surface area contributed by atoms with E-state index in [0.717, 1.165) is 23.7 Å². The molecule has 0 nitrogen and oxygen atoms in total. The van der Waals surface area contributed by atoms with Crippen molar-refractivity contribution in [1.82, 2.24) is 0 Å². The summed E-state index contributed by atoms with van der Waals surface area (Å²) < 4.78 is 0. The largest absolute Gasteiger partial charge is 0.0651 e. The van der Waals surface area contributed by atoms with Gasteiger partial charge in [-0.3, -0.25) is 0 Å². The monoisotopic (exact) mass is 332 g/mol. The zero-order chi connectivity index (χ0) is 17.2. The van der Waals surface area contributed by atoms with Gasteiger partial charge in [-0.2, -0.15) is 0 Å². The predicted octanol–water partition coefficient (Wildman–Crippen LogP) is 7.37. The van der Waals surface area contributed by atoms with Crippen LogP contribution in [-0.2, 0) is 0 Å². The van der Waals surface area contributed by atoms with E-state index >= 15 is 0 Å². The normalized spacial score (nSPS) is 29.2. The van der Waals surface area contributed by atoms with E-state index in [1.165, 1.54) is 61.6 Å². The number of aryl methyl sites for hydroxylation is 1. The van der Waals surface area contributed by atoms with Gasteiger partial charge in [0.15, 0.2) is 0 Å². The molecule has 0 bridgehead atoms. The second kappa shape index (κ2) is 7.36. The van der Waals surface area contributed by atoms with Crippen LogP contribution in [0.5, 0.6) is 0 Å². The van der Waals surface area contributed by atoms with Gasteiger partial charge in [-0.05, 0) is 79.4 Å². The van der Waals surface area contributed by atoms with Gasteiger partial charge in [-0.1, -0.05) is 73.9 Å². The summed E-state index contributed by atoms with van der Waals surface area (Å²) in [6, 6.07) is 18.4. The molecule has 0 radical (unpaired) electrons. The van der Waals surface area contributed by atoms with Crippen LogP contribution in [0.25, 0.3) is 11.1 Å². The highest BCUT2D eigenvalue weighted by molar-refractivity contribution is 5.64. The molecule has 0 amide bonds. The zero-order valence-corrected chi connectivity index (χ0v) is 15.9. The average Bonchev–Trinajstić information content (AvgIpc) is 2.68. The van der Waals surface area contributed by atoms with Crippen molar-refractivity contribution < 1.29 is 0 Å². The fourth-order valence-corrected chi connectivity index (χ4v) is 5.35.